The molecule has 4 N–H and O–H groups in total. The fourth-order valence-electron chi connectivity index (χ4n) is 1.40. The first-order valence-corrected chi connectivity index (χ1v) is 5.99. The molecule has 0 spiro atoms. The number of rotatable bonds is 6. The van der Waals surface area contributed by atoms with Gasteiger partial charge < -0.3 is 21.1 Å². The lowest BCUT2D eigenvalue weighted by molar-refractivity contribution is -0.141. The highest BCUT2D eigenvalue weighted by atomic mass is 19.4. The van der Waals surface area contributed by atoms with Crippen LogP contribution < -0.4 is 16.4 Å². The number of amides is 1. The molecule has 1 aromatic heterocycles. The Hall–Kier alpha value is -2.10. The number of alkyl halides is 3. The maximum absolute atomic E-state index is 12.6. The zero-order valence-electron chi connectivity index (χ0n) is 11.5. The van der Waals surface area contributed by atoms with E-state index in [-0.39, 0.29) is 5.82 Å². The molecular weight excluding hydrogens is 291 g/mol. The summed E-state index contributed by atoms with van der Waals surface area (Å²) in [6, 6.07) is -0.104. The standard InChI is InChI=1S/C11H16F3N5O2/c1-6(9(20)16-3-4-21-2)17-8-5-7(11(12,13)14)18-10(15)19-8/h5-6H,3-4H2,1-2H3,(H,16,20)(H3,15,17,18,19). The van der Waals surface area contributed by atoms with E-state index in [0.29, 0.717) is 19.2 Å². The van der Waals surface area contributed by atoms with Gasteiger partial charge in [0, 0.05) is 19.7 Å². The van der Waals surface area contributed by atoms with E-state index in [2.05, 4.69) is 20.6 Å². The molecule has 0 bridgehead atoms. The van der Waals surface area contributed by atoms with Gasteiger partial charge >= 0.3 is 6.18 Å². The van der Waals surface area contributed by atoms with Crippen molar-refractivity contribution < 1.29 is 22.7 Å². The highest BCUT2D eigenvalue weighted by Gasteiger charge is 2.33. The summed E-state index contributed by atoms with van der Waals surface area (Å²) >= 11 is 0. The molecule has 7 nitrogen and oxygen atoms in total. The summed E-state index contributed by atoms with van der Waals surface area (Å²) in [7, 11) is 1.48. The average Bonchev–Trinajstić information content (AvgIpc) is 2.37. The Labute approximate surface area is 119 Å². The number of carbonyl (C=O) groups excluding carboxylic acids is 1. The molecule has 1 unspecified atom stereocenters. The lowest BCUT2D eigenvalue weighted by Crippen LogP contribution is -2.39. The molecule has 0 aliphatic rings. The average molecular weight is 307 g/mol. The molecule has 0 aliphatic heterocycles. The molecule has 0 fully saturated rings. The molecule has 1 aromatic rings. The second kappa shape index (κ2) is 7.07. The zero-order valence-corrected chi connectivity index (χ0v) is 11.5. The normalized spacial score (nSPS) is 12.8. The number of halogens is 3. The Morgan fingerprint density at radius 1 is 1.48 bits per heavy atom. The molecule has 10 heteroatoms. The van der Waals surface area contributed by atoms with Crippen molar-refractivity contribution in [3.8, 4) is 0 Å². The predicted molar refractivity (Wildman–Crippen MR) is 69.4 cm³/mol. The number of methoxy groups -OCH3 is 1. The Kier molecular flexibility index (Phi) is 5.70. The first-order valence-electron chi connectivity index (χ1n) is 5.99. The third-order valence-electron chi connectivity index (χ3n) is 2.40. The largest absolute Gasteiger partial charge is 0.433 e. The first kappa shape index (κ1) is 17.0. The molecule has 0 saturated heterocycles. The van der Waals surface area contributed by atoms with Gasteiger partial charge in [0.05, 0.1) is 6.61 Å². The summed E-state index contributed by atoms with van der Waals surface area (Å²) in [4.78, 5) is 18.4. The third-order valence-corrected chi connectivity index (χ3v) is 2.40. The van der Waals surface area contributed by atoms with Crippen LogP contribution in [0.2, 0.25) is 0 Å². The van der Waals surface area contributed by atoms with Crippen molar-refractivity contribution in [2.75, 3.05) is 31.3 Å². The second-order valence-electron chi connectivity index (χ2n) is 4.14. The van der Waals surface area contributed by atoms with Crippen LogP contribution in [0.25, 0.3) is 0 Å². The maximum atomic E-state index is 12.6. The van der Waals surface area contributed by atoms with E-state index in [9.17, 15) is 18.0 Å². The number of nitrogens with zero attached hydrogens (tertiary/aromatic N) is 2. The Balaban J connectivity index is 2.74. The summed E-state index contributed by atoms with van der Waals surface area (Å²) in [5, 5.41) is 5.08. The number of aromatic nitrogens is 2. The van der Waals surface area contributed by atoms with Crippen molar-refractivity contribution in [3.63, 3.8) is 0 Å². The number of ether oxygens (including phenoxy) is 1. The van der Waals surface area contributed by atoms with Gasteiger partial charge in [-0.2, -0.15) is 18.2 Å². The maximum Gasteiger partial charge on any atom is 0.433 e. The lowest BCUT2D eigenvalue weighted by atomic mass is 10.3. The Morgan fingerprint density at radius 2 is 2.14 bits per heavy atom. The minimum absolute atomic E-state index is 0.177. The highest BCUT2D eigenvalue weighted by Crippen LogP contribution is 2.29. The Bertz CT molecular complexity index is 495. The van der Waals surface area contributed by atoms with E-state index in [0.717, 1.165) is 0 Å². The van der Waals surface area contributed by atoms with E-state index < -0.39 is 29.8 Å². The van der Waals surface area contributed by atoms with Gasteiger partial charge in [0.1, 0.15) is 11.9 Å². The molecular formula is C11H16F3N5O2. The van der Waals surface area contributed by atoms with Crippen molar-refractivity contribution in [3.05, 3.63) is 11.8 Å². The van der Waals surface area contributed by atoms with Crippen LogP contribution in [0.3, 0.4) is 0 Å². The van der Waals surface area contributed by atoms with Crippen LogP contribution in [-0.2, 0) is 15.7 Å². The zero-order chi connectivity index (χ0) is 16.0. The van der Waals surface area contributed by atoms with Gasteiger partial charge in [0.25, 0.3) is 0 Å². The molecule has 21 heavy (non-hydrogen) atoms. The van der Waals surface area contributed by atoms with Gasteiger partial charge in [0.15, 0.2) is 5.69 Å². The fourth-order valence-corrected chi connectivity index (χ4v) is 1.40. The summed E-state index contributed by atoms with van der Waals surface area (Å²) < 4.78 is 42.5. The predicted octanol–water partition coefficient (Wildman–Crippen LogP) is 0.641. The number of nitrogens with one attached hydrogen (secondary N) is 2. The van der Waals surface area contributed by atoms with E-state index in [1.165, 1.54) is 14.0 Å². The van der Waals surface area contributed by atoms with Crippen LogP contribution in [0.5, 0.6) is 0 Å². The number of nitrogens with two attached hydrogens (primary N) is 1. The van der Waals surface area contributed by atoms with Gasteiger partial charge in [-0.15, -0.1) is 0 Å². The molecule has 0 radical (unpaired) electrons. The van der Waals surface area contributed by atoms with E-state index in [1.54, 1.807) is 0 Å². The lowest BCUT2D eigenvalue weighted by Gasteiger charge is -2.15. The van der Waals surface area contributed by atoms with Crippen molar-refractivity contribution >= 4 is 17.7 Å². The van der Waals surface area contributed by atoms with E-state index >= 15 is 0 Å². The minimum Gasteiger partial charge on any atom is -0.383 e. The van der Waals surface area contributed by atoms with Crippen molar-refractivity contribution in [2.45, 2.75) is 19.1 Å². The summed E-state index contributed by atoms with van der Waals surface area (Å²) in [5.74, 6) is -1.11. The van der Waals surface area contributed by atoms with Gasteiger partial charge in [-0.05, 0) is 6.92 Å². The fraction of sp³-hybridized carbons (Fsp3) is 0.545. The van der Waals surface area contributed by atoms with Gasteiger partial charge in [-0.1, -0.05) is 0 Å². The Morgan fingerprint density at radius 3 is 2.71 bits per heavy atom. The number of hydrogen-bond donors (Lipinski definition) is 3. The molecule has 1 heterocycles. The molecule has 1 rings (SSSR count). The molecule has 1 atom stereocenters. The van der Waals surface area contributed by atoms with Gasteiger partial charge in [-0.3, -0.25) is 4.79 Å². The molecule has 0 saturated carbocycles. The molecule has 1 amide bonds. The second-order valence-corrected chi connectivity index (χ2v) is 4.14. The number of nitrogen functional groups attached to an aromatic ring is 1. The monoisotopic (exact) mass is 307 g/mol. The minimum atomic E-state index is -4.64. The van der Waals surface area contributed by atoms with Gasteiger partial charge in [-0.25, -0.2) is 4.98 Å². The van der Waals surface area contributed by atoms with E-state index in [4.69, 9.17) is 10.5 Å². The third kappa shape index (κ3) is 5.42. The van der Waals surface area contributed by atoms with Crippen LogP contribution >= 0.6 is 0 Å². The number of anilines is 2. The smallest absolute Gasteiger partial charge is 0.383 e. The van der Waals surface area contributed by atoms with Crippen molar-refractivity contribution in [2.24, 2.45) is 0 Å². The summed E-state index contributed by atoms with van der Waals surface area (Å²) in [6.07, 6.45) is -4.64. The van der Waals surface area contributed by atoms with Crippen molar-refractivity contribution in [1.82, 2.24) is 15.3 Å². The van der Waals surface area contributed by atoms with E-state index in [1.807, 2.05) is 0 Å². The highest BCUT2D eigenvalue weighted by molar-refractivity contribution is 5.83. The van der Waals surface area contributed by atoms with Crippen LogP contribution in [0.15, 0.2) is 6.07 Å². The SMILES string of the molecule is COCCNC(=O)C(C)Nc1cc(C(F)(F)F)nc(N)n1. The number of carbonyl (C=O) groups is 1. The molecule has 0 aromatic carbocycles. The summed E-state index contributed by atoms with van der Waals surface area (Å²) in [5.41, 5.74) is 4.05. The van der Waals surface area contributed by atoms with Gasteiger partial charge in [0.2, 0.25) is 11.9 Å². The molecule has 118 valence electrons. The first-order chi connectivity index (χ1) is 9.74. The topological polar surface area (TPSA) is 102 Å². The van der Waals surface area contributed by atoms with Crippen molar-refractivity contribution in [1.29, 1.82) is 0 Å². The molecule has 0 aliphatic carbocycles. The quantitative estimate of drug-likeness (QED) is 0.667. The van der Waals surface area contributed by atoms with Crippen LogP contribution in [0, 0.1) is 0 Å². The van der Waals surface area contributed by atoms with Crippen LogP contribution in [0.1, 0.15) is 12.6 Å². The number of hydrogen-bond acceptors (Lipinski definition) is 6. The van der Waals surface area contributed by atoms with Crippen LogP contribution in [0.4, 0.5) is 24.9 Å². The van der Waals surface area contributed by atoms with Crippen LogP contribution in [-0.4, -0.2) is 42.2 Å². The summed E-state index contributed by atoms with van der Waals surface area (Å²) in [6.45, 7) is 2.10.